The van der Waals surface area contributed by atoms with Gasteiger partial charge in [0.05, 0.1) is 11.9 Å². The number of hydrogen-bond donors (Lipinski definition) is 0. The Kier molecular flexibility index (Phi) is 3.57. The maximum Gasteiger partial charge on any atom is 0.107 e. The summed E-state index contributed by atoms with van der Waals surface area (Å²) in [7, 11) is 0. The smallest absolute Gasteiger partial charge is 0.107 e. The minimum absolute atomic E-state index is 0.728. The molecule has 1 aromatic rings. The fourth-order valence-electron chi connectivity index (χ4n) is 0.810. The monoisotopic (exact) mass is 173 g/mol. The lowest BCUT2D eigenvalue weighted by Gasteiger charge is -1.96. The van der Waals surface area contributed by atoms with Crippen molar-refractivity contribution in [3.05, 3.63) is 49.2 Å². The molecular weight excluding hydrogens is 162 g/mol. The summed E-state index contributed by atoms with van der Waals surface area (Å²) in [6, 6.07) is 0. The van der Waals surface area contributed by atoms with Crippen molar-refractivity contribution in [1.82, 2.24) is 9.97 Å². The zero-order valence-electron chi connectivity index (χ0n) is 7.51. The second kappa shape index (κ2) is 4.98. The van der Waals surface area contributed by atoms with Crippen molar-refractivity contribution in [2.45, 2.75) is 6.92 Å². The minimum atomic E-state index is 0.728. The number of aliphatic imine (C=N–C) groups is 1. The highest BCUT2D eigenvalue weighted by Crippen LogP contribution is 1.96. The van der Waals surface area contributed by atoms with E-state index >= 15 is 0 Å². The second-order valence-electron chi connectivity index (χ2n) is 2.29. The molecule has 0 spiro atoms. The lowest BCUT2D eigenvalue weighted by atomic mass is 10.3. The average Bonchev–Trinajstić information content (AvgIpc) is 2.21. The molecule has 0 aromatic carbocycles. The van der Waals surface area contributed by atoms with Gasteiger partial charge in [0.1, 0.15) is 5.69 Å². The Hall–Kier alpha value is -1.77. The van der Waals surface area contributed by atoms with Crippen LogP contribution >= 0.6 is 0 Å². The minimum Gasteiger partial charge on any atom is -0.261 e. The molecule has 0 atom stereocenters. The zero-order chi connectivity index (χ0) is 9.52. The maximum atomic E-state index is 4.15. The second-order valence-corrected chi connectivity index (χ2v) is 2.29. The molecule has 1 heterocycles. The van der Waals surface area contributed by atoms with Gasteiger partial charge in [-0.25, -0.2) is 0 Å². The van der Waals surface area contributed by atoms with Crippen LogP contribution in [0, 0.1) is 0 Å². The lowest BCUT2D eigenvalue weighted by molar-refractivity contribution is 1.18. The third kappa shape index (κ3) is 2.63. The van der Waals surface area contributed by atoms with Crippen LogP contribution in [0.4, 0.5) is 0 Å². The van der Waals surface area contributed by atoms with Gasteiger partial charge >= 0.3 is 0 Å². The summed E-state index contributed by atoms with van der Waals surface area (Å²) in [5.74, 6) is 0. The standard InChI is InChI=1S/C10H11N3/c1-3-5-12-9(4-2)10-8-11-6-7-13-10/h3-8H,2H2,1H3/b5-3-,12-9?. The molecule has 0 saturated heterocycles. The van der Waals surface area contributed by atoms with E-state index in [-0.39, 0.29) is 0 Å². The van der Waals surface area contributed by atoms with Crippen LogP contribution in [0.5, 0.6) is 0 Å². The summed E-state index contributed by atoms with van der Waals surface area (Å²) < 4.78 is 0. The van der Waals surface area contributed by atoms with Crippen molar-refractivity contribution in [3.63, 3.8) is 0 Å². The molecule has 0 radical (unpaired) electrons. The molecule has 3 nitrogen and oxygen atoms in total. The Morgan fingerprint density at radius 3 is 2.92 bits per heavy atom. The van der Waals surface area contributed by atoms with E-state index in [0.29, 0.717) is 0 Å². The zero-order valence-corrected chi connectivity index (χ0v) is 7.51. The largest absolute Gasteiger partial charge is 0.261 e. The molecule has 0 aliphatic rings. The van der Waals surface area contributed by atoms with Gasteiger partial charge in [-0.1, -0.05) is 12.7 Å². The molecule has 1 aromatic heterocycles. The van der Waals surface area contributed by atoms with Crippen LogP contribution in [-0.2, 0) is 0 Å². The number of aromatic nitrogens is 2. The average molecular weight is 173 g/mol. The molecule has 1 rings (SSSR count). The van der Waals surface area contributed by atoms with Gasteiger partial charge in [0.15, 0.2) is 0 Å². The van der Waals surface area contributed by atoms with Crippen molar-refractivity contribution in [3.8, 4) is 0 Å². The Balaban J connectivity index is 2.98. The predicted molar refractivity (Wildman–Crippen MR) is 53.6 cm³/mol. The summed E-state index contributed by atoms with van der Waals surface area (Å²) in [5, 5.41) is 0. The van der Waals surface area contributed by atoms with Crippen LogP contribution in [0.25, 0.3) is 0 Å². The van der Waals surface area contributed by atoms with Crippen molar-refractivity contribution >= 4 is 5.71 Å². The van der Waals surface area contributed by atoms with E-state index in [1.807, 2.05) is 13.0 Å². The quantitative estimate of drug-likeness (QED) is 0.655. The summed E-state index contributed by atoms with van der Waals surface area (Å²) in [4.78, 5) is 12.2. The molecule has 0 aliphatic heterocycles. The Bertz CT molecular complexity index is 325. The fraction of sp³-hybridized carbons (Fsp3) is 0.100. The van der Waals surface area contributed by atoms with Crippen molar-refractivity contribution in [1.29, 1.82) is 0 Å². The van der Waals surface area contributed by atoms with Crippen LogP contribution in [0.3, 0.4) is 0 Å². The van der Waals surface area contributed by atoms with E-state index in [1.165, 1.54) is 0 Å². The van der Waals surface area contributed by atoms with Gasteiger partial charge < -0.3 is 0 Å². The molecule has 0 bridgehead atoms. The topological polar surface area (TPSA) is 38.1 Å². The van der Waals surface area contributed by atoms with E-state index in [1.54, 1.807) is 30.9 Å². The summed E-state index contributed by atoms with van der Waals surface area (Å²) in [5.41, 5.74) is 1.46. The molecule has 0 N–H and O–H groups in total. The highest BCUT2D eigenvalue weighted by Gasteiger charge is 1.97. The van der Waals surface area contributed by atoms with Gasteiger partial charge in [-0.05, 0) is 13.0 Å². The van der Waals surface area contributed by atoms with E-state index in [2.05, 4.69) is 21.5 Å². The van der Waals surface area contributed by atoms with Crippen molar-refractivity contribution in [2.75, 3.05) is 0 Å². The van der Waals surface area contributed by atoms with E-state index < -0.39 is 0 Å². The maximum absolute atomic E-state index is 4.15. The lowest BCUT2D eigenvalue weighted by Crippen LogP contribution is -1.99. The number of allylic oxidation sites excluding steroid dienone is 2. The number of hydrogen-bond acceptors (Lipinski definition) is 3. The van der Waals surface area contributed by atoms with E-state index in [0.717, 1.165) is 11.4 Å². The first-order valence-electron chi connectivity index (χ1n) is 3.96. The van der Waals surface area contributed by atoms with Gasteiger partial charge in [-0.3, -0.25) is 15.0 Å². The normalized spacial score (nSPS) is 11.9. The van der Waals surface area contributed by atoms with Gasteiger partial charge in [0.2, 0.25) is 0 Å². The third-order valence-corrected chi connectivity index (χ3v) is 1.38. The van der Waals surface area contributed by atoms with E-state index in [4.69, 9.17) is 0 Å². The van der Waals surface area contributed by atoms with Crippen LogP contribution in [0.1, 0.15) is 12.6 Å². The summed E-state index contributed by atoms with van der Waals surface area (Å²) in [6.45, 7) is 5.56. The van der Waals surface area contributed by atoms with Crippen molar-refractivity contribution in [2.24, 2.45) is 4.99 Å². The first-order chi connectivity index (χ1) is 6.38. The van der Waals surface area contributed by atoms with Crippen LogP contribution in [0.2, 0.25) is 0 Å². The Labute approximate surface area is 77.6 Å². The van der Waals surface area contributed by atoms with Gasteiger partial charge in [-0.2, -0.15) is 0 Å². The summed E-state index contributed by atoms with van der Waals surface area (Å²) in [6.07, 6.45) is 10.1. The fourth-order valence-corrected chi connectivity index (χ4v) is 0.810. The summed E-state index contributed by atoms with van der Waals surface area (Å²) >= 11 is 0. The molecule has 13 heavy (non-hydrogen) atoms. The Morgan fingerprint density at radius 1 is 1.54 bits per heavy atom. The molecule has 0 amide bonds. The first kappa shape index (κ1) is 9.32. The van der Waals surface area contributed by atoms with Gasteiger partial charge in [0.25, 0.3) is 0 Å². The third-order valence-electron chi connectivity index (χ3n) is 1.38. The molecule has 0 fully saturated rings. The SMILES string of the molecule is C=CC(=N/C=C\C)c1cnccn1. The van der Waals surface area contributed by atoms with Gasteiger partial charge in [-0.15, -0.1) is 0 Å². The molecular formula is C10H11N3. The van der Waals surface area contributed by atoms with Crippen molar-refractivity contribution < 1.29 is 0 Å². The first-order valence-corrected chi connectivity index (χ1v) is 3.96. The van der Waals surface area contributed by atoms with Gasteiger partial charge in [0, 0.05) is 18.6 Å². The molecule has 0 aliphatic carbocycles. The molecule has 0 unspecified atom stereocenters. The molecule has 66 valence electrons. The highest BCUT2D eigenvalue weighted by molar-refractivity contribution is 6.07. The number of rotatable bonds is 3. The Morgan fingerprint density at radius 2 is 2.38 bits per heavy atom. The number of nitrogens with zero attached hydrogens (tertiary/aromatic N) is 3. The highest BCUT2D eigenvalue weighted by atomic mass is 14.8. The van der Waals surface area contributed by atoms with Crippen LogP contribution in [0.15, 0.2) is 48.5 Å². The predicted octanol–water partition coefficient (Wildman–Crippen LogP) is 1.99. The van der Waals surface area contributed by atoms with Crippen LogP contribution in [-0.4, -0.2) is 15.7 Å². The molecule has 3 heteroatoms. The molecule has 0 saturated carbocycles. The van der Waals surface area contributed by atoms with E-state index in [9.17, 15) is 0 Å². The van der Waals surface area contributed by atoms with Crippen LogP contribution < -0.4 is 0 Å².